The molecule has 29 heavy (non-hydrogen) atoms. The Kier molecular flexibility index (Phi) is 4.81. The van der Waals surface area contributed by atoms with E-state index in [0.717, 1.165) is 0 Å². The van der Waals surface area contributed by atoms with Gasteiger partial charge in [-0.25, -0.2) is 0 Å². The van der Waals surface area contributed by atoms with Crippen LogP contribution in [-0.2, 0) is 4.74 Å². The Hall–Kier alpha value is -2.89. The van der Waals surface area contributed by atoms with Crippen LogP contribution in [0.3, 0.4) is 0 Å². The second kappa shape index (κ2) is 7.17. The lowest BCUT2D eigenvalue weighted by atomic mass is 9.99. The van der Waals surface area contributed by atoms with Crippen molar-refractivity contribution >= 4 is 21.9 Å². The molecule has 10 nitrogen and oxygen atoms in total. The van der Waals surface area contributed by atoms with E-state index in [1.807, 2.05) is 0 Å². The fourth-order valence-electron chi connectivity index (χ4n) is 3.30. The number of phenolic OH excluding ortho intramolecular Hbond substituents is 2. The highest BCUT2D eigenvalue weighted by atomic mass is 16.7. The van der Waals surface area contributed by atoms with Gasteiger partial charge >= 0.3 is 0 Å². The minimum absolute atomic E-state index is 0.0161. The Morgan fingerprint density at radius 3 is 2.48 bits per heavy atom. The number of phenols is 2. The zero-order chi connectivity index (χ0) is 20.9. The van der Waals surface area contributed by atoms with E-state index in [-0.39, 0.29) is 33.4 Å². The summed E-state index contributed by atoms with van der Waals surface area (Å²) in [4.78, 5) is 12.7. The van der Waals surface area contributed by atoms with E-state index in [9.17, 15) is 35.4 Å². The van der Waals surface area contributed by atoms with E-state index >= 15 is 0 Å². The van der Waals surface area contributed by atoms with Gasteiger partial charge < -0.3 is 44.5 Å². The van der Waals surface area contributed by atoms with E-state index in [2.05, 4.69) is 0 Å². The highest BCUT2D eigenvalue weighted by Crippen LogP contribution is 2.37. The van der Waals surface area contributed by atoms with Gasteiger partial charge in [-0.1, -0.05) is 6.07 Å². The van der Waals surface area contributed by atoms with Crippen molar-refractivity contribution in [1.29, 1.82) is 0 Å². The molecule has 10 heteroatoms. The maximum Gasteiger partial charge on any atom is 0.229 e. The average molecular weight is 406 g/mol. The monoisotopic (exact) mass is 406 g/mol. The molecule has 0 unspecified atom stereocenters. The second-order valence-corrected chi connectivity index (χ2v) is 6.69. The average Bonchev–Trinajstić information content (AvgIpc) is 2.70. The zero-order valence-corrected chi connectivity index (χ0v) is 14.8. The molecule has 2 heterocycles. The van der Waals surface area contributed by atoms with Crippen LogP contribution in [0, 0.1) is 0 Å². The molecule has 1 aliphatic heterocycles. The van der Waals surface area contributed by atoms with E-state index in [1.165, 1.54) is 30.3 Å². The van der Waals surface area contributed by atoms with Crippen molar-refractivity contribution in [3.8, 4) is 17.2 Å². The Morgan fingerprint density at radius 1 is 1.00 bits per heavy atom. The van der Waals surface area contributed by atoms with Gasteiger partial charge in [0, 0.05) is 0 Å². The van der Waals surface area contributed by atoms with Gasteiger partial charge in [-0.15, -0.1) is 0 Å². The molecule has 1 aliphatic rings. The van der Waals surface area contributed by atoms with Crippen molar-refractivity contribution in [3.63, 3.8) is 0 Å². The first kappa shape index (κ1) is 19.4. The lowest BCUT2D eigenvalue weighted by molar-refractivity contribution is -0.277. The van der Waals surface area contributed by atoms with E-state index < -0.39 is 48.5 Å². The highest BCUT2D eigenvalue weighted by Gasteiger charge is 2.45. The molecule has 5 atom stereocenters. The third-order valence-electron chi connectivity index (χ3n) is 4.87. The lowest BCUT2D eigenvalue weighted by Gasteiger charge is -2.39. The molecule has 3 aromatic rings. The van der Waals surface area contributed by atoms with E-state index in [1.54, 1.807) is 0 Å². The molecule has 0 aliphatic carbocycles. The van der Waals surface area contributed by atoms with Crippen LogP contribution in [0.2, 0.25) is 0 Å². The number of fused-ring (bicyclic) bond motifs is 2. The maximum absolute atomic E-state index is 12.7. The first-order valence-corrected chi connectivity index (χ1v) is 8.71. The first-order valence-electron chi connectivity index (χ1n) is 8.71. The Morgan fingerprint density at radius 2 is 1.76 bits per heavy atom. The Bertz CT molecular complexity index is 1120. The number of aliphatic hydroxyl groups excluding tert-OH is 4. The summed E-state index contributed by atoms with van der Waals surface area (Å²) in [5.41, 5.74) is -0.730. The highest BCUT2D eigenvalue weighted by molar-refractivity contribution is 5.95. The second-order valence-electron chi connectivity index (χ2n) is 6.69. The van der Waals surface area contributed by atoms with E-state index in [4.69, 9.17) is 13.9 Å². The molecule has 0 bridgehead atoms. The quantitative estimate of drug-likeness (QED) is 0.313. The van der Waals surface area contributed by atoms with Crippen LogP contribution in [0.5, 0.6) is 17.2 Å². The minimum Gasteiger partial charge on any atom is -0.507 e. The fourth-order valence-corrected chi connectivity index (χ4v) is 3.30. The molecule has 0 amide bonds. The van der Waals surface area contributed by atoms with Crippen molar-refractivity contribution in [3.05, 3.63) is 40.6 Å². The van der Waals surface area contributed by atoms with Crippen LogP contribution < -0.4 is 10.2 Å². The molecular formula is C19H18O10. The first-order chi connectivity index (χ1) is 13.8. The van der Waals surface area contributed by atoms with Crippen LogP contribution in [0.25, 0.3) is 21.9 Å². The van der Waals surface area contributed by atoms with Crippen molar-refractivity contribution < 1.29 is 44.5 Å². The van der Waals surface area contributed by atoms with Crippen LogP contribution >= 0.6 is 0 Å². The van der Waals surface area contributed by atoms with Gasteiger partial charge in [0.25, 0.3) is 0 Å². The largest absolute Gasteiger partial charge is 0.507 e. The molecule has 154 valence electrons. The summed E-state index contributed by atoms with van der Waals surface area (Å²) in [6.45, 7) is -0.640. The van der Waals surface area contributed by atoms with Gasteiger partial charge in [0.1, 0.15) is 41.1 Å². The van der Waals surface area contributed by atoms with Crippen molar-refractivity contribution in [2.24, 2.45) is 0 Å². The number of ether oxygens (including phenoxy) is 2. The normalized spacial score (nSPS) is 27.4. The van der Waals surface area contributed by atoms with E-state index in [0.29, 0.717) is 0 Å². The molecule has 4 rings (SSSR count). The molecule has 2 aromatic carbocycles. The van der Waals surface area contributed by atoms with Gasteiger partial charge in [-0.3, -0.25) is 4.79 Å². The summed E-state index contributed by atoms with van der Waals surface area (Å²) < 4.78 is 16.2. The summed E-state index contributed by atoms with van der Waals surface area (Å²) >= 11 is 0. The van der Waals surface area contributed by atoms with Gasteiger partial charge in [-0.05, 0) is 24.3 Å². The van der Waals surface area contributed by atoms with Crippen LogP contribution in [-0.4, -0.2) is 68.0 Å². The molecule has 0 saturated carbocycles. The molecule has 1 saturated heterocycles. The van der Waals surface area contributed by atoms with Crippen LogP contribution in [0.4, 0.5) is 0 Å². The van der Waals surface area contributed by atoms with Gasteiger partial charge in [0.15, 0.2) is 11.3 Å². The smallest absolute Gasteiger partial charge is 0.229 e. The number of aliphatic hydroxyl groups is 4. The van der Waals surface area contributed by atoms with Crippen LogP contribution in [0.15, 0.2) is 39.5 Å². The zero-order valence-electron chi connectivity index (χ0n) is 14.8. The number of hydrogen-bond acceptors (Lipinski definition) is 10. The number of rotatable bonds is 3. The molecule has 6 N–H and O–H groups in total. The minimum atomic E-state index is -1.68. The number of aromatic hydroxyl groups is 2. The van der Waals surface area contributed by atoms with Gasteiger partial charge in [-0.2, -0.15) is 0 Å². The summed E-state index contributed by atoms with van der Waals surface area (Å²) in [6.07, 6.45) is -7.60. The fraction of sp³-hybridized carbons (Fsp3) is 0.316. The predicted octanol–water partition coefficient (Wildman–Crippen LogP) is -0.464. The lowest BCUT2D eigenvalue weighted by Crippen LogP contribution is -2.60. The van der Waals surface area contributed by atoms with Crippen molar-refractivity contribution in [2.75, 3.05) is 6.61 Å². The molecule has 1 fully saturated rings. The standard InChI is InChI=1S/C19H18O10/c20-6-11-14(23)16(25)17(26)19(29-11)28-10-5-4-7-13(22)12-8(21)2-1-3-9(12)27-18(7)15(10)24/h1-5,11,14,16-17,19-21,23-26H,6H2/t11-,14-,16+,17-,19-/m0/s1. The topological polar surface area (TPSA) is 170 Å². The maximum atomic E-state index is 12.7. The summed E-state index contributed by atoms with van der Waals surface area (Å²) in [5.74, 6) is -1.06. The SMILES string of the molecule is O=c1c2ccc(O[C@H]3O[C@@H](CO)[C@H](O)[C@@H](O)[C@@H]3O)c(O)c2oc2cccc(O)c12. The third kappa shape index (κ3) is 3.07. The molecule has 0 spiro atoms. The third-order valence-corrected chi connectivity index (χ3v) is 4.87. The van der Waals surface area contributed by atoms with Crippen LogP contribution in [0.1, 0.15) is 0 Å². The Balaban J connectivity index is 1.76. The summed E-state index contributed by atoms with van der Waals surface area (Å²) in [7, 11) is 0. The van der Waals surface area contributed by atoms with Crippen molar-refractivity contribution in [2.45, 2.75) is 30.7 Å². The van der Waals surface area contributed by atoms with Crippen molar-refractivity contribution in [1.82, 2.24) is 0 Å². The molecular weight excluding hydrogens is 388 g/mol. The number of benzene rings is 2. The summed E-state index contributed by atoms with van der Waals surface area (Å²) in [5, 5.41) is 59.4. The van der Waals surface area contributed by atoms with Gasteiger partial charge in [0.2, 0.25) is 17.5 Å². The molecule has 0 radical (unpaired) electrons. The summed E-state index contributed by atoms with van der Waals surface area (Å²) in [6, 6.07) is 6.77. The molecule has 1 aromatic heterocycles. The van der Waals surface area contributed by atoms with Gasteiger partial charge in [0.05, 0.1) is 12.0 Å². The predicted molar refractivity (Wildman–Crippen MR) is 97.7 cm³/mol. The number of hydrogen-bond donors (Lipinski definition) is 6. The Labute approximate surface area is 162 Å².